The van der Waals surface area contributed by atoms with E-state index in [1.807, 2.05) is 19.9 Å². The molecule has 4 heteroatoms. The molecule has 1 aliphatic heterocycles. The molecule has 0 spiro atoms. The second-order valence-corrected chi connectivity index (χ2v) is 5.81. The lowest BCUT2D eigenvalue weighted by Crippen LogP contribution is -2.03. The van der Waals surface area contributed by atoms with E-state index in [1.54, 1.807) is 0 Å². The number of hydrogen-bond donors (Lipinski definition) is 1. The Kier molecular flexibility index (Phi) is 2.41. The Morgan fingerprint density at radius 2 is 2.27 bits per heavy atom. The minimum atomic E-state index is -0.750. The van der Waals surface area contributed by atoms with Gasteiger partial charge in [-0.1, -0.05) is 31.7 Å². The fourth-order valence-electron chi connectivity index (χ4n) is 2.28. The molecule has 1 N–H and O–H groups in total. The zero-order valence-electron chi connectivity index (χ0n) is 8.82. The zero-order chi connectivity index (χ0) is 11.2. The zero-order valence-corrected chi connectivity index (χ0v) is 9.63. The third kappa shape index (κ3) is 1.71. The summed E-state index contributed by atoms with van der Waals surface area (Å²) < 4.78 is 0. The van der Waals surface area contributed by atoms with E-state index < -0.39 is 5.97 Å². The maximum Gasteiger partial charge on any atom is 0.307 e. The van der Waals surface area contributed by atoms with Crippen LogP contribution in [0.25, 0.3) is 0 Å². The topological polar surface area (TPSA) is 54.4 Å². The molecule has 0 aromatic carbocycles. The van der Waals surface area contributed by atoms with Crippen LogP contribution in [0.15, 0.2) is 11.6 Å². The van der Waals surface area contributed by atoms with Gasteiger partial charge in [-0.15, -0.1) is 0 Å². The number of carbonyl (C=O) groups is 2. The quantitative estimate of drug-likeness (QED) is 0.731. The Morgan fingerprint density at radius 1 is 1.60 bits per heavy atom. The van der Waals surface area contributed by atoms with Gasteiger partial charge in [-0.3, -0.25) is 9.59 Å². The fourth-order valence-corrected chi connectivity index (χ4v) is 3.14. The lowest BCUT2D eigenvalue weighted by Gasteiger charge is -1.97. The Balaban J connectivity index is 2.15. The Hall–Kier alpha value is -0.770. The number of thioether (sulfide) groups is 1. The predicted molar refractivity (Wildman–Crippen MR) is 58.6 cm³/mol. The first-order valence-corrected chi connectivity index (χ1v) is 6.04. The average Bonchev–Trinajstić information content (AvgIpc) is 2.47. The third-order valence-electron chi connectivity index (χ3n) is 3.42. The van der Waals surface area contributed by atoms with Crippen molar-refractivity contribution in [3.63, 3.8) is 0 Å². The van der Waals surface area contributed by atoms with Gasteiger partial charge in [0, 0.05) is 11.3 Å². The van der Waals surface area contributed by atoms with Crippen LogP contribution in [0.4, 0.5) is 0 Å². The van der Waals surface area contributed by atoms with Crippen molar-refractivity contribution < 1.29 is 14.7 Å². The van der Waals surface area contributed by atoms with Gasteiger partial charge >= 0.3 is 5.97 Å². The molecule has 1 saturated carbocycles. The van der Waals surface area contributed by atoms with E-state index >= 15 is 0 Å². The van der Waals surface area contributed by atoms with Gasteiger partial charge in [-0.25, -0.2) is 0 Å². The minimum absolute atomic E-state index is 0.0349. The van der Waals surface area contributed by atoms with Crippen LogP contribution in [-0.2, 0) is 9.59 Å². The standard InChI is InChI=1S/C11H14O3S/c1-11(2)7(8(11)9(12)13)5-6-3-4-15-10(6)14/h5,7-8H,3-4H2,1-2H3,(H,12,13)/b6-5+. The molecule has 1 saturated heterocycles. The number of aliphatic carboxylic acids is 1. The number of carbonyl (C=O) groups excluding carboxylic acids is 1. The molecular weight excluding hydrogens is 212 g/mol. The predicted octanol–water partition coefficient (Wildman–Crippen LogP) is 1.93. The van der Waals surface area contributed by atoms with E-state index in [9.17, 15) is 9.59 Å². The molecule has 2 unspecified atom stereocenters. The van der Waals surface area contributed by atoms with Crippen molar-refractivity contribution in [2.75, 3.05) is 5.75 Å². The summed E-state index contributed by atoms with van der Waals surface area (Å²) in [6.07, 6.45) is 2.68. The molecule has 0 bridgehead atoms. The lowest BCUT2D eigenvalue weighted by atomic mass is 10.1. The van der Waals surface area contributed by atoms with Crippen molar-refractivity contribution in [3.8, 4) is 0 Å². The van der Waals surface area contributed by atoms with Crippen LogP contribution in [0.5, 0.6) is 0 Å². The van der Waals surface area contributed by atoms with Gasteiger partial charge in [0.05, 0.1) is 5.92 Å². The maximum absolute atomic E-state index is 11.4. The number of rotatable bonds is 2. The highest BCUT2D eigenvalue weighted by molar-refractivity contribution is 8.14. The number of allylic oxidation sites excluding steroid dienone is 1. The third-order valence-corrected chi connectivity index (χ3v) is 4.36. The molecular formula is C11H14O3S. The highest BCUT2D eigenvalue weighted by Gasteiger charge is 2.61. The number of carboxylic acids is 1. The van der Waals surface area contributed by atoms with Crippen LogP contribution in [0.3, 0.4) is 0 Å². The molecule has 0 amide bonds. The molecule has 1 heterocycles. The summed E-state index contributed by atoms with van der Waals surface area (Å²) in [5.74, 6) is -0.189. The first kappa shape index (κ1) is 10.7. The summed E-state index contributed by atoms with van der Waals surface area (Å²) in [5.41, 5.74) is 0.633. The SMILES string of the molecule is CC1(C)C(/C=C2\CCSC2=O)C1C(=O)O. The molecule has 2 aliphatic rings. The van der Waals surface area contributed by atoms with Crippen molar-refractivity contribution in [2.24, 2.45) is 17.3 Å². The monoisotopic (exact) mass is 226 g/mol. The van der Waals surface area contributed by atoms with Crippen molar-refractivity contribution in [1.82, 2.24) is 0 Å². The van der Waals surface area contributed by atoms with Crippen LogP contribution < -0.4 is 0 Å². The average molecular weight is 226 g/mol. The lowest BCUT2D eigenvalue weighted by molar-refractivity contribution is -0.139. The van der Waals surface area contributed by atoms with Crippen molar-refractivity contribution in [3.05, 3.63) is 11.6 Å². The fraction of sp³-hybridized carbons (Fsp3) is 0.636. The van der Waals surface area contributed by atoms with Gasteiger partial charge in [0.25, 0.3) is 0 Å². The molecule has 15 heavy (non-hydrogen) atoms. The van der Waals surface area contributed by atoms with Crippen LogP contribution in [0, 0.1) is 17.3 Å². The first-order chi connectivity index (χ1) is 6.94. The largest absolute Gasteiger partial charge is 0.481 e. The summed E-state index contributed by atoms with van der Waals surface area (Å²) in [6, 6.07) is 0. The van der Waals surface area contributed by atoms with Gasteiger partial charge in [0.15, 0.2) is 0 Å². The second-order valence-electron chi connectivity index (χ2n) is 4.74. The number of hydrogen-bond acceptors (Lipinski definition) is 3. The summed E-state index contributed by atoms with van der Waals surface area (Å²) in [7, 11) is 0. The molecule has 1 aliphatic carbocycles. The summed E-state index contributed by atoms with van der Waals surface area (Å²) in [4.78, 5) is 22.3. The summed E-state index contributed by atoms with van der Waals surface area (Å²) in [6.45, 7) is 3.89. The molecule has 2 rings (SSSR count). The minimum Gasteiger partial charge on any atom is -0.481 e. The number of carboxylic acid groups (broad SMARTS) is 1. The molecule has 2 fully saturated rings. The van der Waals surface area contributed by atoms with Crippen LogP contribution >= 0.6 is 11.8 Å². The molecule has 0 aromatic rings. The molecule has 2 atom stereocenters. The van der Waals surface area contributed by atoms with Crippen LogP contribution in [0.2, 0.25) is 0 Å². The van der Waals surface area contributed by atoms with Crippen molar-refractivity contribution in [2.45, 2.75) is 20.3 Å². The summed E-state index contributed by atoms with van der Waals surface area (Å²) >= 11 is 1.33. The molecule has 3 nitrogen and oxygen atoms in total. The molecule has 0 aromatic heterocycles. The normalized spacial score (nSPS) is 35.9. The van der Waals surface area contributed by atoms with E-state index in [-0.39, 0.29) is 22.4 Å². The Labute approximate surface area is 92.9 Å². The van der Waals surface area contributed by atoms with Gasteiger partial charge < -0.3 is 5.11 Å². The van der Waals surface area contributed by atoms with E-state index in [1.165, 1.54) is 11.8 Å². The van der Waals surface area contributed by atoms with Gasteiger partial charge in [-0.05, 0) is 17.8 Å². The Bertz CT molecular complexity index is 357. The van der Waals surface area contributed by atoms with Gasteiger partial charge in [0.1, 0.15) is 0 Å². The maximum atomic E-state index is 11.4. The van der Waals surface area contributed by atoms with Crippen LogP contribution in [-0.4, -0.2) is 21.9 Å². The van der Waals surface area contributed by atoms with E-state index in [0.29, 0.717) is 0 Å². The highest BCUT2D eigenvalue weighted by Crippen LogP contribution is 2.59. The highest BCUT2D eigenvalue weighted by atomic mass is 32.2. The summed E-state index contributed by atoms with van der Waals surface area (Å²) in [5, 5.41) is 9.11. The van der Waals surface area contributed by atoms with Crippen LogP contribution in [0.1, 0.15) is 20.3 Å². The molecule has 0 radical (unpaired) electrons. The smallest absolute Gasteiger partial charge is 0.307 e. The molecule has 82 valence electrons. The first-order valence-electron chi connectivity index (χ1n) is 5.05. The van der Waals surface area contributed by atoms with Gasteiger partial charge in [0.2, 0.25) is 5.12 Å². The van der Waals surface area contributed by atoms with Crippen molar-refractivity contribution in [1.29, 1.82) is 0 Å². The van der Waals surface area contributed by atoms with Crippen molar-refractivity contribution >= 4 is 22.8 Å². The van der Waals surface area contributed by atoms with E-state index in [0.717, 1.165) is 17.7 Å². The van der Waals surface area contributed by atoms with Gasteiger partial charge in [-0.2, -0.15) is 0 Å². The van der Waals surface area contributed by atoms with E-state index in [4.69, 9.17) is 5.11 Å². The second kappa shape index (κ2) is 3.37. The Morgan fingerprint density at radius 3 is 2.67 bits per heavy atom. The van der Waals surface area contributed by atoms with E-state index in [2.05, 4.69) is 0 Å².